The van der Waals surface area contributed by atoms with Crippen molar-refractivity contribution in [3.05, 3.63) is 47.0 Å². The van der Waals surface area contributed by atoms with Crippen molar-refractivity contribution in [1.82, 2.24) is 9.80 Å². The number of hydrogen-bond acceptors (Lipinski definition) is 3. The lowest BCUT2D eigenvalue weighted by atomic mass is 10.1. The average molecular weight is 328 g/mol. The van der Waals surface area contributed by atoms with Gasteiger partial charge in [-0.1, -0.05) is 23.8 Å². The summed E-state index contributed by atoms with van der Waals surface area (Å²) in [7, 11) is 0. The molecule has 0 unspecified atom stereocenters. The molecule has 0 saturated heterocycles. The molecule has 0 bridgehead atoms. The van der Waals surface area contributed by atoms with E-state index in [0.717, 1.165) is 11.1 Å². The van der Waals surface area contributed by atoms with Gasteiger partial charge in [-0.25, -0.2) is 0 Å². The number of rotatable bonds is 7. The lowest BCUT2D eigenvalue weighted by Crippen LogP contribution is -2.34. The van der Waals surface area contributed by atoms with Gasteiger partial charge in [0.25, 0.3) is 11.8 Å². The number of fused-ring (bicyclic) bond motifs is 1. The molecule has 0 aromatic heterocycles. The van der Waals surface area contributed by atoms with Crippen molar-refractivity contribution in [3.8, 4) is 0 Å². The number of benzene rings is 1. The van der Waals surface area contributed by atoms with E-state index in [4.69, 9.17) is 0 Å². The first kappa shape index (κ1) is 17.9. The third kappa shape index (κ3) is 3.72. The first-order valence-corrected chi connectivity index (χ1v) is 8.24. The highest BCUT2D eigenvalue weighted by molar-refractivity contribution is 6.21. The second kappa shape index (κ2) is 7.43. The number of nitrogens with zero attached hydrogens (tertiary/aromatic N) is 2. The fourth-order valence-electron chi connectivity index (χ4n) is 2.86. The number of carbonyl (C=O) groups is 3. The lowest BCUT2D eigenvalue weighted by molar-refractivity contribution is -0.130. The van der Waals surface area contributed by atoms with E-state index < -0.39 is 0 Å². The van der Waals surface area contributed by atoms with Crippen molar-refractivity contribution < 1.29 is 14.4 Å². The average Bonchev–Trinajstić information content (AvgIpc) is 2.76. The number of carbonyl (C=O) groups excluding carboxylic acids is 3. The van der Waals surface area contributed by atoms with Crippen LogP contribution < -0.4 is 0 Å². The van der Waals surface area contributed by atoms with Crippen molar-refractivity contribution in [2.24, 2.45) is 0 Å². The Kier molecular flexibility index (Phi) is 5.54. The molecule has 1 aliphatic rings. The maximum atomic E-state index is 12.4. The lowest BCUT2D eigenvalue weighted by Gasteiger charge is -2.21. The van der Waals surface area contributed by atoms with Gasteiger partial charge in [0, 0.05) is 26.1 Å². The van der Waals surface area contributed by atoms with E-state index in [1.54, 1.807) is 17.0 Å². The normalized spacial score (nSPS) is 13.2. The molecule has 2 rings (SSSR count). The van der Waals surface area contributed by atoms with Crippen molar-refractivity contribution >= 4 is 17.7 Å². The summed E-state index contributed by atoms with van der Waals surface area (Å²) in [5.74, 6) is -0.509. The van der Waals surface area contributed by atoms with Gasteiger partial charge in [-0.3, -0.25) is 19.3 Å². The van der Waals surface area contributed by atoms with Crippen LogP contribution in [0.25, 0.3) is 0 Å². The van der Waals surface area contributed by atoms with Crippen LogP contribution in [0.2, 0.25) is 0 Å². The van der Waals surface area contributed by atoms with E-state index in [1.807, 2.05) is 26.8 Å². The Labute approximate surface area is 142 Å². The molecule has 3 amide bonds. The summed E-state index contributed by atoms with van der Waals surface area (Å²) < 4.78 is 0. The largest absolute Gasteiger partial charge is 0.339 e. The molecule has 1 aromatic rings. The van der Waals surface area contributed by atoms with Crippen LogP contribution in [-0.4, -0.2) is 47.2 Å². The van der Waals surface area contributed by atoms with Crippen LogP contribution in [0.1, 0.15) is 53.0 Å². The third-order valence-corrected chi connectivity index (χ3v) is 4.09. The SMILES string of the molecule is C=C(C)CN(CC)C(=O)CCCN1C(=O)c2ccc(C)cc2C1=O. The third-order valence-electron chi connectivity index (χ3n) is 4.09. The fourth-order valence-corrected chi connectivity index (χ4v) is 2.86. The van der Waals surface area contributed by atoms with Crippen molar-refractivity contribution in [3.63, 3.8) is 0 Å². The smallest absolute Gasteiger partial charge is 0.261 e. The van der Waals surface area contributed by atoms with Crippen LogP contribution in [0.5, 0.6) is 0 Å². The molecular weight excluding hydrogens is 304 g/mol. The van der Waals surface area contributed by atoms with E-state index in [1.165, 1.54) is 4.90 Å². The molecule has 0 atom stereocenters. The Morgan fingerprint density at radius 2 is 1.88 bits per heavy atom. The Bertz CT molecular complexity index is 694. The maximum absolute atomic E-state index is 12.4. The molecular formula is C19H24N2O3. The number of hydrogen-bond donors (Lipinski definition) is 0. The predicted octanol–water partition coefficient (Wildman–Crippen LogP) is 2.80. The Hall–Kier alpha value is -2.43. The molecule has 5 heteroatoms. The van der Waals surface area contributed by atoms with Crippen LogP contribution >= 0.6 is 0 Å². The van der Waals surface area contributed by atoms with E-state index in [0.29, 0.717) is 37.1 Å². The van der Waals surface area contributed by atoms with Crippen molar-refractivity contribution in [2.75, 3.05) is 19.6 Å². The summed E-state index contributed by atoms with van der Waals surface area (Å²) >= 11 is 0. The second-order valence-electron chi connectivity index (χ2n) is 6.28. The highest BCUT2D eigenvalue weighted by atomic mass is 16.2. The van der Waals surface area contributed by atoms with Gasteiger partial charge in [-0.15, -0.1) is 0 Å². The van der Waals surface area contributed by atoms with Gasteiger partial charge in [-0.05, 0) is 39.3 Å². The first-order chi connectivity index (χ1) is 11.3. The summed E-state index contributed by atoms with van der Waals surface area (Å²) in [6.07, 6.45) is 0.781. The fraction of sp³-hybridized carbons (Fsp3) is 0.421. The molecule has 1 aliphatic heterocycles. The molecule has 0 spiro atoms. The molecule has 1 aromatic carbocycles. The molecule has 5 nitrogen and oxygen atoms in total. The standard InChI is InChI=1S/C19H24N2O3/c1-5-20(12-13(2)3)17(22)7-6-10-21-18(23)15-9-8-14(4)11-16(15)19(21)24/h8-9,11H,2,5-7,10,12H2,1,3-4H3. The second-order valence-corrected chi connectivity index (χ2v) is 6.28. The van der Waals surface area contributed by atoms with Crippen molar-refractivity contribution in [2.45, 2.75) is 33.6 Å². The summed E-state index contributed by atoms with van der Waals surface area (Å²) in [6.45, 7) is 11.0. The summed E-state index contributed by atoms with van der Waals surface area (Å²) in [5.41, 5.74) is 2.80. The monoisotopic (exact) mass is 328 g/mol. The minimum Gasteiger partial charge on any atom is -0.339 e. The number of amides is 3. The topological polar surface area (TPSA) is 57.7 Å². The van der Waals surface area contributed by atoms with Gasteiger partial charge in [0.15, 0.2) is 0 Å². The van der Waals surface area contributed by atoms with Gasteiger partial charge in [0.2, 0.25) is 5.91 Å². The molecule has 128 valence electrons. The van der Waals surface area contributed by atoms with Crippen LogP contribution in [0.4, 0.5) is 0 Å². The van der Waals surface area contributed by atoms with Crippen LogP contribution in [0.3, 0.4) is 0 Å². The van der Waals surface area contributed by atoms with Crippen LogP contribution in [0, 0.1) is 6.92 Å². The minimum absolute atomic E-state index is 0.0213. The van der Waals surface area contributed by atoms with E-state index in [9.17, 15) is 14.4 Å². The molecule has 0 saturated carbocycles. The van der Waals surface area contributed by atoms with E-state index >= 15 is 0 Å². The zero-order valence-electron chi connectivity index (χ0n) is 14.6. The number of likely N-dealkylation sites (N-methyl/N-ethyl adjacent to an activating group) is 1. The predicted molar refractivity (Wildman–Crippen MR) is 92.8 cm³/mol. The van der Waals surface area contributed by atoms with E-state index in [2.05, 4.69) is 6.58 Å². The maximum Gasteiger partial charge on any atom is 0.261 e. The molecule has 0 N–H and O–H groups in total. The van der Waals surface area contributed by atoms with Gasteiger partial charge in [0.1, 0.15) is 0 Å². The highest BCUT2D eigenvalue weighted by Crippen LogP contribution is 2.24. The number of aryl methyl sites for hydroxylation is 1. The summed E-state index contributed by atoms with van der Waals surface area (Å²) in [4.78, 5) is 39.9. The molecule has 0 radical (unpaired) electrons. The minimum atomic E-state index is -0.267. The molecule has 0 fully saturated rings. The Morgan fingerprint density at radius 1 is 1.21 bits per heavy atom. The molecule has 24 heavy (non-hydrogen) atoms. The highest BCUT2D eigenvalue weighted by Gasteiger charge is 2.35. The zero-order chi connectivity index (χ0) is 17.9. The van der Waals surface area contributed by atoms with Gasteiger partial charge < -0.3 is 4.90 Å². The van der Waals surface area contributed by atoms with Gasteiger partial charge in [-0.2, -0.15) is 0 Å². The molecule has 0 aliphatic carbocycles. The zero-order valence-corrected chi connectivity index (χ0v) is 14.6. The summed E-state index contributed by atoms with van der Waals surface area (Å²) in [5, 5.41) is 0. The summed E-state index contributed by atoms with van der Waals surface area (Å²) in [6, 6.07) is 5.27. The number of imide groups is 1. The van der Waals surface area contributed by atoms with E-state index in [-0.39, 0.29) is 24.3 Å². The van der Waals surface area contributed by atoms with Crippen molar-refractivity contribution in [1.29, 1.82) is 0 Å². The molecule has 1 heterocycles. The quantitative estimate of drug-likeness (QED) is 0.571. The van der Waals surface area contributed by atoms with Gasteiger partial charge >= 0.3 is 0 Å². The van der Waals surface area contributed by atoms with Crippen LogP contribution in [0.15, 0.2) is 30.4 Å². The first-order valence-electron chi connectivity index (χ1n) is 8.24. The van der Waals surface area contributed by atoms with Crippen LogP contribution in [-0.2, 0) is 4.79 Å². The Morgan fingerprint density at radius 3 is 2.50 bits per heavy atom. The Balaban J connectivity index is 1.94. The van der Waals surface area contributed by atoms with Gasteiger partial charge in [0.05, 0.1) is 11.1 Å².